The summed E-state index contributed by atoms with van der Waals surface area (Å²) in [4.78, 5) is 4.27. The number of para-hydroxylation sites is 2. The van der Waals surface area contributed by atoms with E-state index in [2.05, 4.69) is 21.5 Å². The van der Waals surface area contributed by atoms with E-state index in [4.69, 9.17) is 0 Å². The van der Waals surface area contributed by atoms with Gasteiger partial charge in [0, 0.05) is 11.5 Å². The first kappa shape index (κ1) is 20.6. The number of rotatable bonds is 3. The Hall–Kier alpha value is -2.72. The number of aliphatic imine (C=N–C) groups is 1. The average molecular weight is 540 g/mol. The first-order valence-corrected chi connectivity index (χ1v) is 8.16. The Bertz CT molecular complexity index is 994. The molecule has 0 saturated carbocycles. The molecule has 0 aliphatic carbocycles. The third kappa shape index (κ3) is 4.92. The minimum atomic E-state index is -0.0787. The summed E-state index contributed by atoms with van der Waals surface area (Å²) in [5.41, 5.74) is 3.54. The molecule has 3 rings (SSSR count). The van der Waals surface area contributed by atoms with E-state index < -0.39 is 0 Å². The van der Waals surface area contributed by atoms with Crippen LogP contribution in [0.15, 0.2) is 53.5 Å². The number of aromatic hydroxyl groups is 1. The Labute approximate surface area is 172 Å². The topological polar surface area (TPSA) is 84.7 Å². The molecule has 0 bridgehead atoms. The fourth-order valence-electron chi connectivity index (χ4n) is 2.60. The van der Waals surface area contributed by atoms with Crippen LogP contribution in [0.2, 0.25) is 0 Å². The summed E-state index contributed by atoms with van der Waals surface area (Å²) in [5, 5.41) is 27.4. The molecule has 0 atom stereocenters. The van der Waals surface area contributed by atoms with Crippen LogP contribution in [0, 0.1) is 19.9 Å². The maximum atomic E-state index is 10.4. The number of phenolic OH excluding ortho intramolecular Hbond substituents is 1. The normalized spacial score (nSPS) is 11.0. The summed E-state index contributed by atoms with van der Waals surface area (Å²) in [5.74, 6) is 0.435. The van der Waals surface area contributed by atoms with Crippen molar-refractivity contribution in [3.05, 3.63) is 77.0 Å². The predicted molar refractivity (Wildman–Crippen MR) is 103 cm³/mol. The second kappa shape index (κ2) is 8.78. The fourth-order valence-corrected chi connectivity index (χ4v) is 2.60. The van der Waals surface area contributed by atoms with Crippen molar-refractivity contribution in [3.63, 3.8) is 0 Å². The van der Waals surface area contributed by atoms with Gasteiger partial charge in [-0.25, -0.2) is 0 Å². The van der Waals surface area contributed by atoms with E-state index in [0.717, 1.165) is 17.1 Å². The first-order valence-electron chi connectivity index (χ1n) is 8.16. The Morgan fingerprint density at radius 1 is 1.19 bits per heavy atom. The molecule has 0 aliphatic heterocycles. The molecule has 0 amide bonds. The standard InChI is InChI=1S/C20H19N5O.Pt/c1-13-11-14(2)25(24-13)17-8-6-7-16(12-17)20(21)23-15(3)22-18-9-4-5-10-19(18)26;/h4-11H,1-3H3,(H2-,21,22,23,26);/q-2;+2. The molecule has 27 heavy (non-hydrogen) atoms. The van der Waals surface area contributed by atoms with Crippen molar-refractivity contribution < 1.29 is 26.2 Å². The summed E-state index contributed by atoms with van der Waals surface area (Å²) < 4.78 is 1.77. The molecule has 1 heterocycles. The molecule has 3 aromatic rings. The Morgan fingerprint density at radius 3 is 2.59 bits per heavy atom. The number of hydrogen-bond donors (Lipinski definition) is 2. The quantitative estimate of drug-likeness (QED) is 0.302. The summed E-state index contributed by atoms with van der Waals surface area (Å²) in [7, 11) is 0. The van der Waals surface area contributed by atoms with E-state index in [-0.39, 0.29) is 32.7 Å². The second-order valence-corrected chi connectivity index (χ2v) is 5.95. The molecule has 0 saturated heterocycles. The third-order valence-corrected chi connectivity index (χ3v) is 3.74. The second-order valence-electron chi connectivity index (χ2n) is 5.95. The van der Waals surface area contributed by atoms with Crippen LogP contribution < -0.4 is 5.32 Å². The van der Waals surface area contributed by atoms with Gasteiger partial charge in [-0.1, -0.05) is 12.1 Å². The predicted octanol–water partition coefficient (Wildman–Crippen LogP) is 3.65. The number of nitrogens with one attached hydrogen (secondary N) is 1. The van der Waals surface area contributed by atoms with Crippen LogP contribution in [0.5, 0.6) is 5.75 Å². The van der Waals surface area contributed by atoms with Gasteiger partial charge in [-0.3, -0.25) is 9.67 Å². The van der Waals surface area contributed by atoms with Crippen molar-refractivity contribution in [2.45, 2.75) is 20.8 Å². The minimum absolute atomic E-state index is 0. The van der Waals surface area contributed by atoms with E-state index >= 15 is 0 Å². The number of aromatic nitrogens is 2. The summed E-state index contributed by atoms with van der Waals surface area (Å²) in [6.45, 7) is 5.59. The smallest absolute Gasteiger partial charge is 0.521 e. The SMILES string of the molecule is CC(=Nc1ccccc1O)NC(=[N-])c1[c-]c(-n2nc(C)cc2C)ccc1.[Pt+2]. The van der Waals surface area contributed by atoms with Crippen molar-refractivity contribution >= 4 is 17.4 Å². The summed E-state index contributed by atoms with van der Waals surface area (Å²) >= 11 is 0. The molecule has 0 fully saturated rings. The van der Waals surface area contributed by atoms with E-state index in [1.807, 2.05) is 32.0 Å². The summed E-state index contributed by atoms with van der Waals surface area (Å²) in [6, 6.07) is 17.3. The van der Waals surface area contributed by atoms with Gasteiger partial charge in [0.1, 0.15) is 11.4 Å². The maximum Gasteiger partial charge on any atom is 2.00 e. The van der Waals surface area contributed by atoms with Crippen molar-refractivity contribution in [3.8, 4) is 11.4 Å². The molecule has 0 aliphatic rings. The van der Waals surface area contributed by atoms with Crippen LogP contribution in [-0.2, 0) is 21.1 Å². The van der Waals surface area contributed by atoms with Crippen molar-refractivity contribution in [1.82, 2.24) is 15.1 Å². The van der Waals surface area contributed by atoms with Crippen LogP contribution in [0.4, 0.5) is 5.69 Å². The van der Waals surface area contributed by atoms with Gasteiger partial charge >= 0.3 is 21.1 Å². The van der Waals surface area contributed by atoms with Gasteiger partial charge in [0.2, 0.25) is 0 Å². The van der Waals surface area contributed by atoms with Gasteiger partial charge in [0.15, 0.2) is 0 Å². The molecule has 0 spiro atoms. The molecule has 140 valence electrons. The third-order valence-electron chi connectivity index (χ3n) is 3.74. The Morgan fingerprint density at radius 2 is 1.93 bits per heavy atom. The van der Waals surface area contributed by atoms with Gasteiger partial charge in [-0.05, 0) is 44.7 Å². The fraction of sp³-hybridized carbons (Fsp3) is 0.150. The number of hydrogen-bond acceptors (Lipinski definition) is 3. The molecule has 7 heteroatoms. The van der Waals surface area contributed by atoms with Crippen molar-refractivity contribution in [2.24, 2.45) is 4.99 Å². The molecular formula is C20H19N5OPt. The van der Waals surface area contributed by atoms with Gasteiger partial charge in [0.25, 0.3) is 0 Å². The van der Waals surface area contributed by atoms with Gasteiger partial charge < -0.3 is 15.8 Å². The zero-order valence-corrected chi connectivity index (χ0v) is 17.4. The molecule has 1 aromatic heterocycles. The van der Waals surface area contributed by atoms with Crippen molar-refractivity contribution in [2.75, 3.05) is 0 Å². The van der Waals surface area contributed by atoms with Gasteiger partial charge in [-0.2, -0.15) is 10.7 Å². The van der Waals surface area contributed by atoms with Crippen molar-refractivity contribution in [1.29, 1.82) is 0 Å². The van der Waals surface area contributed by atoms with E-state index in [0.29, 0.717) is 17.1 Å². The van der Waals surface area contributed by atoms with Crippen LogP contribution in [0.3, 0.4) is 0 Å². The van der Waals surface area contributed by atoms with Gasteiger partial charge in [0.05, 0.1) is 5.69 Å². The molecular weight excluding hydrogens is 521 g/mol. The Balaban J connectivity index is 0.00000261. The molecule has 0 unspecified atom stereocenters. The van der Waals surface area contributed by atoms with Crippen LogP contribution in [0.25, 0.3) is 11.1 Å². The molecule has 2 N–H and O–H groups in total. The van der Waals surface area contributed by atoms with E-state index in [9.17, 15) is 10.5 Å². The largest absolute Gasteiger partial charge is 2.00 e. The first-order chi connectivity index (χ1) is 12.4. The number of nitrogens with zero attached hydrogens (tertiary/aromatic N) is 4. The van der Waals surface area contributed by atoms with E-state index in [1.165, 1.54) is 0 Å². The van der Waals surface area contributed by atoms with E-state index in [1.54, 1.807) is 41.9 Å². The number of benzene rings is 2. The van der Waals surface area contributed by atoms with Crippen LogP contribution in [-0.4, -0.2) is 26.6 Å². The summed E-state index contributed by atoms with van der Waals surface area (Å²) in [6.07, 6.45) is 0. The zero-order chi connectivity index (χ0) is 18.7. The Kier molecular flexibility index (Phi) is 6.69. The zero-order valence-electron chi connectivity index (χ0n) is 15.2. The van der Waals surface area contributed by atoms with Gasteiger partial charge in [-0.15, -0.1) is 30.1 Å². The molecule has 6 nitrogen and oxygen atoms in total. The maximum absolute atomic E-state index is 10.4. The monoisotopic (exact) mass is 540 g/mol. The van der Waals surface area contributed by atoms with Crippen LogP contribution in [0.1, 0.15) is 23.9 Å². The minimum Gasteiger partial charge on any atom is -0.521 e. The number of phenols is 1. The molecule has 0 radical (unpaired) electrons. The molecule has 2 aromatic carbocycles. The average Bonchev–Trinajstić information content (AvgIpc) is 2.95. The van der Waals surface area contributed by atoms with Crippen LogP contribution >= 0.6 is 0 Å². The number of aryl methyl sites for hydroxylation is 2. The number of amidine groups is 2.